The van der Waals surface area contributed by atoms with E-state index in [1.807, 2.05) is 65.5 Å². The van der Waals surface area contributed by atoms with E-state index in [1.54, 1.807) is 13.3 Å². The van der Waals surface area contributed by atoms with E-state index in [1.165, 1.54) is 0 Å². The minimum absolute atomic E-state index is 0.0236. The summed E-state index contributed by atoms with van der Waals surface area (Å²) < 4.78 is 7.22. The van der Waals surface area contributed by atoms with Crippen LogP contribution in [-0.2, 0) is 11.3 Å². The number of rotatable bonds is 6. The molecule has 2 atom stereocenters. The Balaban J connectivity index is 1.35. The van der Waals surface area contributed by atoms with Gasteiger partial charge >= 0.3 is 0 Å². The predicted octanol–water partition coefficient (Wildman–Crippen LogP) is 3.30. The summed E-state index contributed by atoms with van der Waals surface area (Å²) in [5.74, 6) is 1.22. The van der Waals surface area contributed by atoms with E-state index in [2.05, 4.69) is 10.4 Å². The van der Waals surface area contributed by atoms with Crippen LogP contribution in [0.1, 0.15) is 23.5 Å². The first-order valence-corrected chi connectivity index (χ1v) is 8.76. The first-order chi connectivity index (χ1) is 12.8. The summed E-state index contributed by atoms with van der Waals surface area (Å²) in [4.78, 5) is 12.5. The number of nitrogens with zero attached hydrogens (tertiary/aromatic N) is 2. The van der Waals surface area contributed by atoms with Crippen LogP contribution >= 0.6 is 0 Å². The number of hydrogen-bond acceptors (Lipinski definition) is 3. The molecule has 0 unspecified atom stereocenters. The highest BCUT2D eigenvalue weighted by Crippen LogP contribution is 2.50. The van der Waals surface area contributed by atoms with Crippen LogP contribution in [0.5, 0.6) is 5.75 Å². The van der Waals surface area contributed by atoms with E-state index in [9.17, 15) is 4.79 Å². The quantitative estimate of drug-likeness (QED) is 0.744. The van der Waals surface area contributed by atoms with Crippen molar-refractivity contribution in [3.8, 4) is 11.4 Å². The van der Waals surface area contributed by atoms with Gasteiger partial charge in [-0.1, -0.05) is 36.4 Å². The fourth-order valence-corrected chi connectivity index (χ4v) is 3.29. The van der Waals surface area contributed by atoms with Gasteiger partial charge in [0.15, 0.2) is 0 Å². The second kappa shape index (κ2) is 7.04. The maximum Gasteiger partial charge on any atom is 0.224 e. The topological polar surface area (TPSA) is 56.1 Å². The van der Waals surface area contributed by atoms with Gasteiger partial charge in [0.05, 0.1) is 19.0 Å². The van der Waals surface area contributed by atoms with Crippen LogP contribution in [0.25, 0.3) is 5.69 Å². The zero-order chi connectivity index (χ0) is 17.9. The standard InChI is InChI=1S/C21H21N3O2/c1-26-20-10-6-5-9-17(20)18-11-19(18)21(25)22-12-15-13-23-24(14-15)16-7-3-2-4-8-16/h2-10,13-14,18-19H,11-12H2,1H3,(H,22,25)/t18-,19+/m0/s1. The Kier molecular flexibility index (Phi) is 4.44. The lowest BCUT2D eigenvalue weighted by Gasteiger charge is -2.08. The third kappa shape index (κ3) is 3.33. The number of carbonyl (C=O) groups excluding carboxylic acids is 1. The third-order valence-corrected chi connectivity index (χ3v) is 4.79. The van der Waals surface area contributed by atoms with Gasteiger partial charge < -0.3 is 10.1 Å². The molecule has 2 aromatic carbocycles. The van der Waals surface area contributed by atoms with Crippen molar-refractivity contribution in [3.05, 3.63) is 78.1 Å². The van der Waals surface area contributed by atoms with Gasteiger partial charge in [0.1, 0.15) is 5.75 Å². The van der Waals surface area contributed by atoms with Crippen LogP contribution in [0, 0.1) is 5.92 Å². The van der Waals surface area contributed by atoms with Crippen LogP contribution < -0.4 is 10.1 Å². The molecule has 1 aliphatic rings. The molecule has 132 valence electrons. The lowest BCUT2D eigenvalue weighted by Crippen LogP contribution is -2.24. The molecule has 26 heavy (non-hydrogen) atoms. The molecule has 1 saturated carbocycles. The lowest BCUT2D eigenvalue weighted by atomic mass is 10.1. The Labute approximate surface area is 152 Å². The molecule has 0 saturated heterocycles. The molecule has 1 N–H and O–H groups in total. The molecule has 1 fully saturated rings. The summed E-state index contributed by atoms with van der Waals surface area (Å²) >= 11 is 0. The second-order valence-electron chi connectivity index (χ2n) is 6.54. The maximum absolute atomic E-state index is 12.5. The molecule has 1 heterocycles. The van der Waals surface area contributed by atoms with Crippen molar-refractivity contribution in [1.82, 2.24) is 15.1 Å². The number of amides is 1. The number of carbonyl (C=O) groups is 1. The molecule has 4 rings (SSSR count). The van der Waals surface area contributed by atoms with Crippen LogP contribution in [0.2, 0.25) is 0 Å². The van der Waals surface area contributed by atoms with Gasteiger partial charge in [-0.15, -0.1) is 0 Å². The van der Waals surface area contributed by atoms with Gasteiger partial charge in [0.25, 0.3) is 0 Å². The van der Waals surface area contributed by atoms with Crippen molar-refractivity contribution in [2.75, 3.05) is 7.11 Å². The van der Waals surface area contributed by atoms with Gasteiger partial charge in [-0.2, -0.15) is 5.10 Å². The molecule has 0 aliphatic heterocycles. The first kappa shape index (κ1) is 16.4. The van der Waals surface area contributed by atoms with E-state index in [0.29, 0.717) is 6.54 Å². The number of methoxy groups -OCH3 is 1. The fourth-order valence-electron chi connectivity index (χ4n) is 3.29. The highest BCUT2D eigenvalue weighted by molar-refractivity contribution is 5.83. The predicted molar refractivity (Wildman–Crippen MR) is 99.3 cm³/mol. The minimum Gasteiger partial charge on any atom is -0.496 e. The summed E-state index contributed by atoms with van der Waals surface area (Å²) in [6, 6.07) is 17.8. The van der Waals surface area contributed by atoms with E-state index < -0.39 is 0 Å². The zero-order valence-corrected chi connectivity index (χ0v) is 14.6. The number of para-hydroxylation sites is 2. The fraction of sp³-hybridized carbons (Fsp3) is 0.238. The van der Waals surface area contributed by atoms with Crippen molar-refractivity contribution in [2.24, 2.45) is 5.92 Å². The highest BCUT2D eigenvalue weighted by Gasteiger charge is 2.45. The number of benzene rings is 2. The second-order valence-corrected chi connectivity index (χ2v) is 6.54. The molecule has 1 aliphatic carbocycles. The maximum atomic E-state index is 12.5. The molecule has 1 aromatic heterocycles. The molecule has 3 aromatic rings. The molecule has 0 bridgehead atoms. The zero-order valence-electron chi connectivity index (χ0n) is 14.6. The molecular weight excluding hydrogens is 326 g/mol. The van der Waals surface area contributed by atoms with Crippen LogP contribution in [0.4, 0.5) is 0 Å². The average molecular weight is 347 g/mol. The highest BCUT2D eigenvalue weighted by atomic mass is 16.5. The summed E-state index contributed by atoms with van der Waals surface area (Å²) in [5, 5.41) is 7.39. The molecule has 1 amide bonds. The van der Waals surface area contributed by atoms with E-state index >= 15 is 0 Å². The van der Waals surface area contributed by atoms with Crippen LogP contribution in [0.15, 0.2) is 67.0 Å². The molecular formula is C21H21N3O2. The largest absolute Gasteiger partial charge is 0.496 e. The molecule has 5 heteroatoms. The van der Waals surface area contributed by atoms with Gasteiger partial charge in [-0.05, 0) is 36.1 Å². The Bertz CT molecular complexity index is 904. The van der Waals surface area contributed by atoms with Crippen molar-refractivity contribution in [2.45, 2.75) is 18.9 Å². The Morgan fingerprint density at radius 1 is 1.19 bits per heavy atom. The van der Waals surface area contributed by atoms with E-state index in [0.717, 1.165) is 29.0 Å². The summed E-state index contributed by atoms with van der Waals surface area (Å²) in [6.07, 6.45) is 4.60. The van der Waals surface area contributed by atoms with Gasteiger partial charge in [0, 0.05) is 24.2 Å². The van der Waals surface area contributed by atoms with Crippen LogP contribution in [-0.4, -0.2) is 22.8 Å². The third-order valence-electron chi connectivity index (χ3n) is 4.79. The molecule has 5 nitrogen and oxygen atoms in total. The summed E-state index contributed by atoms with van der Waals surface area (Å²) in [6.45, 7) is 0.487. The summed E-state index contributed by atoms with van der Waals surface area (Å²) in [7, 11) is 1.67. The monoisotopic (exact) mass is 347 g/mol. The first-order valence-electron chi connectivity index (χ1n) is 8.76. The smallest absolute Gasteiger partial charge is 0.224 e. The van der Waals surface area contributed by atoms with Gasteiger partial charge in [-0.3, -0.25) is 4.79 Å². The van der Waals surface area contributed by atoms with Crippen LogP contribution in [0.3, 0.4) is 0 Å². The van der Waals surface area contributed by atoms with Crippen molar-refractivity contribution in [3.63, 3.8) is 0 Å². The SMILES string of the molecule is COc1ccccc1[C@@H]1C[C@H]1C(=O)NCc1cnn(-c2ccccc2)c1. The number of hydrogen-bond donors (Lipinski definition) is 1. The average Bonchev–Trinajstić information content (AvgIpc) is 3.36. The van der Waals surface area contributed by atoms with Gasteiger partial charge in [-0.25, -0.2) is 4.68 Å². The Morgan fingerprint density at radius 2 is 1.96 bits per heavy atom. The van der Waals surface area contributed by atoms with Gasteiger partial charge in [0.2, 0.25) is 5.91 Å². The molecule has 0 spiro atoms. The van der Waals surface area contributed by atoms with E-state index in [-0.39, 0.29) is 17.7 Å². The lowest BCUT2D eigenvalue weighted by molar-refractivity contribution is -0.122. The normalized spacial score (nSPS) is 18.3. The minimum atomic E-state index is 0.0236. The van der Waals surface area contributed by atoms with Crippen molar-refractivity contribution in [1.29, 1.82) is 0 Å². The van der Waals surface area contributed by atoms with E-state index in [4.69, 9.17) is 4.74 Å². The molecule has 0 radical (unpaired) electrons. The van der Waals surface area contributed by atoms with Crippen molar-refractivity contribution >= 4 is 5.91 Å². The van der Waals surface area contributed by atoms with Crippen molar-refractivity contribution < 1.29 is 9.53 Å². The number of nitrogens with one attached hydrogen (secondary N) is 1. The number of ether oxygens (including phenoxy) is 1. The summed E-state index contributed by atoms with van der Waals surface area (Å²) in [5.41, 5.74) is 3.10. The Morgan fingerprint density at radius 3 is 2.77 bits per heavy atom. The Hall–Kier alpha value is -3.08. The number of aromatic nitrogens is 2.